The molecule has 0 fully saturated rings. The van der Waals surface area contributed by atoms with Gasteiger partial charge in [-0.1, -0.05) is 0 Å². The van der Waals surface area contributed by atoms with E-state index in [1.54, 1.807) is 0 Å². The van der Waals surface area contributed by atoms with Crippen LogP contribution in [0, 0.1) is 0 Å². The maximum Gasteiger partial charge on any atom is 0.433 e. The number of pyridine rings is 1. The highest BCUT2D eigenvalue weighted by molar-refractivity contribution is 7.13. The van der Waals surface area contributed by atoms with E-state index in [0.717, 1.165) is 52.3 Å². The van der Waals surface area contributed by atoms with Gasteiger partial charge in [-0.2, -0.15) is 22.6 Å². The highest BCUT2D eigenvalue weighted by Crippen LogP contribution is 2.41. The molecule has 5 rings (SSSR count). The molecule has 0 saturated carbocycles. The maximum atomic E-state index is 13.4. The van der Waals surface area contributed by atoms with Crippen LogP contribution in [0.5, 0.6) is 0 Å². The second kappa shape index (κ2) is 5.51. The van der Waals surface area contributed by atoms with Crippen LogP contribution in [0.25, 0.3) is 32.2 Å². The van der Waals surface area contributed by atoms with E-state index >= 15 is 0 Å². The highest BCUT2D eigenvalue weighted by Gasteiger charge is 2.37. The van der Waals surface area contributed by atoms with Gasteiger partial charge in [-0.05, 0) is 60.5 Å². The molecular formula is C18H13F3N4S. The number of fused-ring (bicyclic) bond motifs is 5. The number of aromatic amines is 1. The normalized spacial score (nSPS) is 14.9. The van der Waals surface area contributed by atoms with Crippen LogP contribution < -0.4 is 0 Å². The fraction of sp³-hybridized carbons (Fsp3) is 0.278. The van der Waals surface area contributed by atoms with Crippen molar-refractivity contribution in [1.82, 2.24) is 19.6 Å². The molecule has 3 heterocycles. The summed E-state index contributed by atoms with van der Waals surface area (Å²) in [5.74, 6) is 0. The summed E-state index contributed by atoms with van der Waals surface area (Å²) in [4.78, 5) is 4.65. The fourth-order valence-corrected chi connectivity index (χ4v) is 4.53. The lowest BCUT2D eigenvalue weighted by Gasteiger charge is -2.22. The van der Waals surface area contributed by atoms with Crippen LogP contribution in [0.2, 0.25) is 0 Å². The minimum absolute atomic E-state index is 0.0288. The number of hydrogen-bond acceptors (Lipinski definition) is 4. The quantitative estimate of drug-likeness (QED) is 0.502. The first-order valence-electron chi connectivity index (χ1n) is 8.34. The average molecular weight is 374 g/mol. The Hall–Kier alpha value is -2.48. The molecule has 0 amide bonds. The van der Waals surface area contributed by atoms with E-state index in [1.807, 2.05) is 18.3 Å². The molecule has 1 aliphatic carbocycles. The molecule has 4 aromatic rings. The van der Waals surface area contributed by atoms with Crippen molar-refractivity contribution in [1.29, 1.82) is 0 Å². The highest BCUT2D eigenvalue weighted by atomic mass is 32.1. The molecule has 1 aromatic carbocycles. The van der Waals surface area contributed by atoms with Gasteiger partial charge < -0.3 is 0 Å². The van der Waals surface area contributed by atoms with Crippen LogP contribution in [0.4, 0.5) is 13.2 Å². The van der Waals surface area contributed by atoms with E-state index in [4.69, 9.17) is 0 Å². The smallest absolute Gasteiger partial charge is 0.273 e. The minimum atomic E-state index is -4.49. The van der Waals surface area contributed by atoms with Gasteiger partial charge in [0.2, 0.25) is 0 Å². The number of nitrogens with one attached hydrogen (secondary N) is 1. The van der Waals surface area contributed by atoms with Crippen molar-refractivity contribution in [2.24, 2.45) is 0 Å². The lowest BCUT2D eigenvalue weighted by molar-refractivity contribution is -0.140. The Morgan fingerprint density at radius 2 is 1.85 bits per heavy atom. The van der Waals surface area contributed by atoms with Gasteiger partial charge in [0.05, 0.1) is 27.7 Å². The summed E-state index contributed by atoms with van der Waals surface area (Å²) in [7, 11) is 0. The van der Waals surface area contributed by atoms with Crippen LogP contribution in [-0.4, -0.2) is 19.6 Å². The average Bonchev–Trinajstić information content (AvgIpc) is 3.29. The Morgan fingerprint density at radius 1 is 1.04 bits per heavy atom. The summed E-state index contributed by atoms with van der Waals surface area (Å²) in [6, 6.07) is 3.81. The zero-order valence-corrected chi connectivity index (χ0v) is 14.3. The van der Waals surface area contributed by atoms with Gasteiger partial charge in [0.25, 0.3) is 0 Å². The SMILES string of the molecule is FC(F)(F)c1[nH]ncc1-c1nc2ccc3sncc3c2c2c1CCCC2. The van der Waals surface area contributed by atoms with E-state index in [2.05, 4.69) is 19.6 Å². The first-order valence-corrected chi connectivity index (χ1v) is 9.11. The Morgan fingerprint density at radius 3 is 2.65 bits per heavy atom. The van der Waals surface area contributed by atoms with E-state index in [1.165, 1.54) is 17.7 Å². The Bertz CT molecular complexity index is 1140. The van der Waals surface area contributed by atoms with Gasteiger partial charge in [0, 0.05) is 17.0 Å². The molecule has 0 atom stereocenters. The third-order valence-corrected chi connectivity index (χ3v) is 5.75. The zero-order valence-electron chi connectivity index (χ0n) is 13.5. The van der Waals surface area contributed by atoms with E-state index in [9.17, 15) is 13.2 Å². The van der Waals surface area contributed by atoms with Crippen molar-refractivity contribution in [2.45, 2.75) is 31.9 Å². The predicted octanol–water partition coefficient (Wildman–Crippen LogP) is 5.13. The first-order chi connectivity index (χ1) is 12.5. The molecule has 0 aliphatic heterocycles. The fourth-order valence-electron chi connectivity index (χ4n) is 3.88. The molecule has 4 nitrogen and oxygen atoms in total. The van der Waals surface area contributed by atoms with Crippen molar-refractivity contribution in [3.63, 3.8) is 0 Å². The summed E-state index contributed by atoms with van der Waals surface area (Å²) in [6.45, 7) is 0. The Balaban J connectivity index is 1.88. The zero-order chi connectivity index (χ0) is 17.9. The molecule has 0 bridgehead atoms. The van der Waals surface area contributed by atoms with Crippen LogP contribution >= 0.6 is 11.5 Å². The summed E-state index contributed by atoms with van der Waals surface area (Å²) in [5, 5.41) is 7.81. The summed E-state index contributed by atoms with van der Waals surface area (Å²) >= 11 is 1.42. The van der Waals surface area contributed by atoms with Crippen LogP contribution in [-0.2, 0) is 19.0 Å². The molecule has 26 heavy (non-hydrogen) atoms. The number of H-pyrrole nitrogens is 1. The third-order valence-electron chi connectivity index (χ3n) is 4.98. The summed E-state index contributed by atoms with van der Waals surface area (Å²) in [6.07, 6.45) is 2.11. The second-order valence-electron chi connectivity index (χ2n) is 6.48. The minimum Gasteiger partial charge on any atom is -0.273 e. The van der Waals surface area contributed by atoms with E-state index in [-0.39, 0.29) is 5.56 Å². The number of rotatable bonds is 1. The lowest BCUT2D eigenvalue weighted by Crippen LogP contribution is -2.11. The monoisotopic (exact) mass is 374 g/mol. The number of alkyl halides is 3. The van der Waals surface area contributed by atoms with Crippen molar-refractivity contribution in [3.8, 4) is 11.3 Å². The van der Waals surface area contributed by atoms with Gasteiger partial charge in [-0.15, -0.1) is 0 Å². The molecule has 3 aromatic heterocycles. The van der Waals surface area contributed by atoms with Crippen molar-refractivity contribution >= 4 is 32.5 Å². The predicted molar refractivity (Wildman–Crippen MR) is 94.1 cm³/mol. The molecule has 0 saturated heterocycles. The summed E-state index contributed by atoms with van der Waals surface area (Å²) < 4.78 is 45.5. The molecule has 8 heteroatoms. The second-order valence-corrected chi connectivity index (χ2v) is 7.31. The first kappa shape index (κ1) is 15.7. The Kier molecular flexibility index (Phi) is 3.34. The molecule has 1 N–H and O–H groups in total. The molecular weight excluding hydrogens is 361 g/mol. The number of benzene rings is 1. The van der Waals surface area contributed by atoms with Gasteiger partial charge in [-0.3, -0.25) is 5.10 Å². The number of hydrogen-bond donors (Lipinski definition) is 1. The summed E-state index contributed by atoms with van der Waals surface area (Å²) in [5.41, 5.74) is 2.32. The molecule has 1 aliphatic rings. The maximum absolute atomic E-state index is 13.4. The van der Waals surface area contributed by atoms with Gasteiger partial charge in [0.1, 0.15) is 5.69 Å². The third kappa shape index (κ3) is 2.25. The van der Waals surface area contributed by atoms with Crippen molar-refractivity contribution in [2.75, 3.05) is 0 Å². The van der Waals surface area contributed by atoms with Crippen LogP contribution in [0.3, 0.4) is 0 Å². The van der Waals surface area contributed by atoms with E-state index in [0.29, 0.717) is 11.2 Å². The van der Waals surface area contributed by atoms with Crippen molar-refractivity contribution in [3.05, 3.63) is 41.3 Å². The number of nitrogens with zero attached hydrogens (tertiary/aromatic N) is 3. The largest absolute Gasteiger partial charge is 0.433 e. The van der Waals surface area contributed by atoms with Crippen LogP contribution in [0.15, 0.2) is 24.5 Å². The molecule has 132 valence electrons. The number of aryl methyl sites for hydroxylation is 1. The van der Waals surface area contributed by atoms with E-state index < -0.39 is 11.9 Å². The van der Waals surface area contributed by atoms with Gasteiger partial charge in [0.15, 0.2) is 0 Å². The number of aromatic nitrogens is 4. The standard InChI is InChI=1S/C18H13F3N4S/c19-18(20,21)17-12(7-22-25-17)16-10-4-2-1-3-9(10)15-11-8-23-26-14(11)6-5-13(15)24-16/h5-8H,1-4H2,(H,22,25). The molecule has 0 spiro atoms. The Labute approximate surface area is 150 Å². The van der Waals surface area contributed by atoms with Crippen LogP contribution in [0.1, 0.15) is 29.7 Å². The lowest BCUT2D eigenvalue weighted by atomic mass is 9.85. The van der Waals surface area contributed by atoms with Gasteiger partial charge >= 0.3 is 6.18 Å². The number of halogens is 3. The topological polar surface area (TPSA) is 54.5 Å². The van der Waals surface area contributed by atoms with Crippen molar-refractivity contribution < 1.29 is 13.2 Å². The molecule has 0 unspecified atom stereocenters. The van der Waals surface area contributed by atoms with Gasteiger partial charge in [-0.25, -0.2) is 4.98 Å². The molecule has 0 radical (unpaired) electrons.